The Hall–Kier alpha value is -4.47. The molecule has 3 aromatic rings. The molecular weight excluding hydrogens is 522 g/mol. The molecule has 0 saturated carbocycles. The van der Waals surface area contributed by atoms with Crippen molar-refractivity contribution in [2.75, 3.05) is 22.9 Å². The largest absolute Gasteiger partial charge is 0.436 e. The Morgan fingerprint density at radius 2 is 1.12 bits per heavy atom. The average molecular weight is 554 g/mol. The van der Waals surface area contributed by atoms with Crippen molar-refractivity contribution < 1.29 is 23.6 Å². The van der Waals surface area contributed by atoms with Gasteiger partial charge in [0.1, 0.15) is 24.2 Å². The van der Waals surface area contributed by atoms with Crippen molar-refractivity contribution in [3.05, 3.63) is 54.7 Å². The van der Waals surface area contributed by atoms with Gasteiger partial charge in [-0.05, 0) is 88.1 Å². The number of fused-ring (bicyclic) bond motifs is 2. The number of rotatable bonds is 4. The van der Waals surface area contributed by atoms with Crippen LogP contribution in [0.5, 0.6) is 0 Å². The van der Waals surface area contributed by atoms with E-state index >= 15 is 0 Å². The van der Waals surface area contributed by atoms with E-state index in [1.807, 2.05) is 48.5 Å². The zero-order chi connectivity index (χ0) is 28.4. The molecule has 4 amide bonds. The molecule has 7 rings (SSSR count). The molecule has 0 aliphatic carbocycles. The van der Waals surface area contributed by atoms with Gasteiger partial charge >= 0.3 is 0 Å². The van der Waals surface area contributed by atoms with E-state index < -0.39 is 12.1 Å². The fourth-order valence-electron chi connectivity index (χ4n) is 6.77. The number of piperazine rings is 2. The van der Waals surface area contributed by atoms with Crippen LogP contribution in [0.1, 0.15) is 39.5 Å². The van der Waals surface area contributed by atoms with Crippen LogP contribution in [0.3, 0.4) is 0 Å². The number of hydrogen-bond acceptors (Lipinski definition) is 6. The van der Waals surface area contributed by atoms with E-state index in [-0.39, 0.29) is 35.7 Å². The highest BCUT2D eigenvalue weighted by molar-refractivity contribution is 6.09. The fraction of sp³-hybridized carbons (Fsp3) is 0.387. The molecule has 10 nitrogen and oxygen atoms in total. The maximum atomic E-state index is 13.2. The second kappa shape index (κ2) is 9.57. The van der Waals surface area contributed by atoms with Crippen LogP contribution in [0, 0.1) is 0 Å². The third-order valence-electron chi connectivity index (χ3n) is 8.93. The average Bonchev–Trinajstić information content (AvgIpc) is 3.77. The van der Waals surface area contributed by atoms with E-state index in [9.17, 15) is 19.2 Å². The first-order valence-electron chi connectivity index (χ1n) is 14.3. The standard InChI is InChI=1S/C31H31N5O5/c1-18-28(37)33-15-3-5-24(33)30(39)35(18)22-11-7-20(8-12-22)26-17-32-27(41-26)21-9-13-23(14-10-21)36-19(2)29(38)34-16-4-6-25(34)31(36)40/h7-14,17-19,24-25H,3-6,15-16H2,1-2H3. The van der Waals surface area contributed by atoms with E-state index in [4.69, 9.17) is 4.42 Å². The molecule has 41 heavy (non-hydrogen) atoms. The van der Waals surface area contributed by atoms with E-state index in [0.717, 1.165) is 24.0 Å². The van der Waals surface area contributed by atoms with Gasteiger partial charge in [0, 0.05) is 35.6 Å². The van der Waals surface area contributed by atoms with Gasteiger partial charge in [0.05, 0.1) is 6.20 Å². The van der Waals surface area contributed by atoms with Crippen molar-refractivity contribution in [1.82, 2.24) is 14.8 Å². The van der Waals surface area contributed by atoms with Crippen LogP contribution in [-0.2, 0) is 19.2 Å². The molecule has 4 aliphatic heterocycles. The van der Waals surface area contributed by atoms with Crippen molar-refractivity contribution in [3.63, 3.8) is 0 Å². The summed E-state index contributed by atoms with van der Waals surface area (Å²) in [5.74, 6) is 0.920. The zero-order valence-corrected chi connectivity index (χ0v) is 23.0. The second-order valence-electron chi connectivity index (χ2n) is 11.3. The number of nitrogens with zero attached hydrogens (tertiary/aromatic N) is 5. The summed E-state index contributed by atoms with van der Waals surface area (Å²) in [6, 6.07) is 12.9. The highest BCUT2D eigenvalue weighted by Crippen LogP contribution is 2.34. The summed E-state index contributed by atoms with van der Waals surface area (Å²) in [4.78, 5) is 63.1. The fourth-order valence-corrected chi connectivity index (χ4v) is 6.77. The van der Waals surface area contributed by atoms with E-state index in [1.54, 1.807) is 39.6 Å². The molecule has 4 aliphatic rings. The summed E-state index contributed by atoms with van der Waals surface area (Å²) in [5, 5.41) is 0. The van der Waals surface area contributed by atoms with E-state index in [1.165, 1.54) is 0 Å². The first-order chi connectivity index (χ1) is 19.8. The predicted molar refractivity (Wildman–Crippen MR) is 151 cm³/mol. The van der Waals surface area contributed by atoms with E-state index in [2.05, 4.69) is 4.98 Å². The van der Waals surface area contributed by atoms with Crippen molar-refractivity contribution >= 4 is 35.0 Å². The summed E-state index contributed by atoms with van der Waals surface area (Å²) in [5.41, 5.74) is 2.90. The Bertz CT molecular complexity index is 1430. The van der Waals surface area contributed by atoms with Crippen LogP contribution in [0.25, 0.3) is 22.8 Å². The van der Waals surface area contributed by atoms with Gasteiger partial charge in [-0.3, -0.25) is 29.0 Å². The molecule has 4 saturated heterocycles. The maximum absolute atomic E-state index is 13.2. The highest BCUT2D eigenvalue weighted by atomic mass is 16.4. The number of benzene rings is 2. The monoisotopic (exact) mass is 553 g/mol. The topological polar surface area (TPSA) is 107 Å². The van der Waals surface area contributed by atoms with Crippen LogP contribution in [0.15, 0.2) is 59.1 Å². The maximum Gasteiger partial charge on any atom is 0.250 e. The number of carbonyl (C=O) groups is 4. The lowest BCUT2D eigenvalue weighted by molar-refractivity contribution is -0.143. The number of amides is 4. The Labute approximate surface area is 237 Å². The number of anilines is 2. The molecule has 210 valence electrons. The summed E-state index contributed by atoms with van der Waals surface area (Å²) in [6.45, 7) is 4.85. The zero-order valence-electron chi connectivity index (χ0n) is 23.0. The highest BCUT2D eigenvalue weighted by Gasteiger charge is 2.47. The number of carbonyl (C=O) groups excluding carboxylic acids is 4. The SMILES string of the molecule is CC1C(=O)N2CCCC2C(=O)N1c1ccc(-c2cnc(-c3ccc(N4C(=O)C5CCCN5C(=O)C4C)cc3)o2)cc1. The van der Waals surface area contributed by atoms with Crippen LogP contribution in [0.4, 0.5) is 11.4 Å². The van der Waals surface area contributed by atoms with Gasteiger partial charge < -0.3 is 14.2 Å². The van der Waals surface area contributed by atoms with Crippen LogP contribution >= 0.6 is 0 Å². The van der Waals surface area contributed by atoms with Gasteiger partial charge in [0.2, 0.25) is 17.7 Å². The Kier molecular flexibility index (Phi) is 5.95. The lowest BCUT2D eigenvalue weighted by atomic mass is 10.0. The first-order valence-corrected chi connectivity index (χ1v) is 14.3. The second-order valence-corrected chi connectivity index (χ2v) is 11.3. The molecule has 10 heteroatoms. The number of oxazole rings is 1. The molecule has 4 atom stereocenters. The molecule has 0 radical (unpaired) electrons. The van der Waals surface area contributed by atoms with Crippen LogP contribution < -0.4 is 9.80 Å². The summed E-state index contributed by atoms with van der Waals surface area (Å²) in [6.07, 6.45) is 4.77. The van der Waals surface area contributed by atoms with Crippen LogP contribution in [0.2, 0.25) is 0 Å². The minimum absolute atomic E-state index is 0.00621. The van der Waals surface area contributed by atoms with Gasteiger partial charge in [0.25, 0.3) is 11.8 Å². The third kappa shape index (κ3) is 3.95. The van der Waals surface area contributed by atoms with Crippen LogP contribution in [-0.4, -0.2) is 75.7 Å². The molecule has 0 spiro atoms. The molecule has 4 fully saturated rings. The summed E-state index contributed by atoms with van der Waals surface area (Å²) < 4.78 is 6.06. The predicted octanol–water partition coefficient (Wildman–Crippen LogP) is 3.46. The molecule has 4 unspecified atom stereocenters. The molecular formula is C31H31N5O5. The van der Waals surface area contributed by atoms with Gasteiger partial charge in [0.15, 0.2) is 5.76 Å². The lowest BCUT2D eigenvalue weighted by Crippen LogP contribution is -2.62. The normalized spacial score (nSPS) is 26.2. The Morgan fingerprint density at radius 1 is 0.659 bits per heavy atom. The number of hydrogen-bond donors (Lipinski definition) is 0. The molecule has 0 N–H and O–H groups in total. The van der Waals surface area contributed by atoms with Gasteiger partial charge in [-0.1, -0.05) is 0 Å². The minimum atomic E-state index is -0.544. The quantitative estimate of drug-likeness (QED) is 0.490. The molecule has 1 aromatic heterocycles. The third-order valence-corrected chi connectivity index (χ3v) is 8.93. The van der Waals surface area contributed by atoms with E-state index in [0.29, 0.717) is 49.0 Å². The van der Waals surface area contributed by atoms with Crippen molar-refractivity contribution in [2.45, 2.75) is 63.7 Å². The van der Waals surface area contributed by atoms with Crippen molar-refractivity contribution in [3.8, 4) is 22.8 Å². The minimum Gasteiger partial charge on any atom is -0.436 e. The first kappa shape index (κ1) is 25.5. The molecule has 0 bridgehead atoms. The lowest BCUT2D eigenvalue weighted by Gasteiger charge is -2.40. The summed E-state index contributed by atoms with van der Waals surface area (Å²) >= 11 is 0. The Balaban J connectivity index is 1.09. The summed E-state index contributed by atoms with van der Waals surface area (Å²) in [7, 11) is 0. The molecule has 2 aromatic carbocycles. The number of aromatic nitrogens is 1. The van der Waals surface area contributed by atoms with Crippen molar-refractivity contribution in [2.24, 2.45) is 0 Å². The van der Waals surface area contributed by atoms with Crippen molar-refractivity contribution in [1.29, 1.82) is 0 Å². The Morgan fingerprint density at radius 3 is 1.61 bits per heavy atom. The molecule has 5 heterocycles. The smallest absolute Gasteiger partial charge is 0.250 e. The van der Waals surface area contributed by atoms with Gasteiger partial charge in [-0.25, -0.2) is 4.98 Å². The van der Waals surface area contributed by atoms with Gasteiger partial charge in [-0.15, -0.1) is 0 Å². The van der Waals surface area contributed by atoms with Gasteiger partial charge in [-0.2, -0.15) is 0 Å².